The SMILES string of the molecule is CC(Cc1c[nH]nn1)OCC(=O)N1Cc2cnc(NC3Cc4ccccc4C3)nc2C1. The first-order valence-corrected chi connectivity index (χ1v) is 10.6. The van der Waals surface area contributed by atoms with E-state index in [1.54, 1.807) is 11.1 Å². The molecule has 2 aromatic heterocycles. The van der Waals surface area contributed by atoms with Crippen LogP contribution in [0, 0.1) is 0 Å². The molecule has 5 rings (SSSR count). The van der Waals surface area contributed by atoms with Crippen molar-refractivity contribution in [2.24, 2.45) is 0 Å². The number of nitrogens with zero attached hydrogens (tertiary/aromatic N) is 5. The van der Waals surface area contributed by atoms with Gasteiger partial charge >= 0.3 is 0 Å². The van der Waals surface area contributed by atoms with Gasteiger partial charge in [0.15, 0.2) is 0 Å². The number of hydrogen-bond acceptors (Lipinski definition) is 7. The molecule has 0 bridgehead atoms. The summed E-state index contributed by atoms with van der Waals surface area (Å²) in [5.74, 6) is 0.578. The summed E-state index contributed by atoms with van der Waals surface area (Å²) in [5, 5.41) is 13.8. The Bertz CT molecular complexity index is 1040. The number of fused-ring (bicyclic) bond motifs is 2. The van der Waals surface area contributed by atoms with E-state index < -0.39 is 0 Å². The molecule has 0 radical (unpaired) electrons. The predicted octanol–water partition coefficient (Wildman–Crippen LogP) is 1.66. The van der Waals surface area contributed by atoms with Crippen molar-refractivity contribution >= 4 is 11.9 Å². The Morgan fingerprint density at radius 3 is 2.81 bits per heavy atom. The molecule has 3 heterocycles. The molecule has 31 heavy (non-hydrogen) atoms. The summed E-state index contributed by atoms with van der Waals surface area (Å²) in [6.45, 7) is 2.96. The Morgan fingerprint density at radius 1 is 1.26 bits per heavy atom. The van der Waals surface area contributed by atoms with Gasteiger partial charge in [-0.05, 0) is 30.9 Å². The van der Waals surface area contributed by atoms with Crippen LogP contribution < -0.4 is 5.32 Å². The topological polar surface area (TPSA) is 109 Å². The van der Waals surface area contributed by atoms with Crippen molar-refractivity contribution in [3.8, 4) is 0 Å². The fourth-order valence-corrected chi connectivity index (χ4v) is 4.23. The summed E-state index contributed by atoms with van der Waals surface area (Å²) in [6, 6.07) is 8.82. The number of hydrogen-bond donors (Lipinski definition) is 2. The van der Waals surface area contributed by atoms with E-state index in [1.807, 2.05) is 13.1 Å². The van der Waals surface area contributed by atoms with Crippen LogP contribution in [0.2, 0.25) is 0 Å². The van der Waals surface area contributed by atoms with Gasteiger partial charge < -0.3 is 15.0 Å². The molecule has 1 aliphatic carbocycles. The average Bonchev–Trinajstić information content (AvgIpc) is 3.50. The zero-order valence-corrected chi connectivity index (χ0v) is 17.4. The van der Waals surface area contributed by atoms with Crippen LogP contribution >= 0.6 is 0 Å². The number of rotatable bonds is 7. The standard InChI is InChI=1S/C22H25N7O2/c1-14(6-19-10-24-28-27-19)31-13-21(30)29-11-17-9-23-22(26-20(17)12-29)25-18-7-15-4-2-3-5-16(15)8-18/h2-5,9-10,14,18H,6-8,11-13H2,1H3,(H,23,25,26)(H,24,27,28). The largest absolute Gasteiger partial charge is 0.368 e. The average molecular weight is 419 g/mol. The monoisotopic (exact) mass is 419 g/mol. The quantitative estimate of drug-likeness (QED) is 0.599. The second-order valence-corrected chi connectivity index (χ2v) is 8.22. The first-order valence-electron chi connectivity index (χ1n) is 10.6. The second kappa shape index (κ2) is 8.43. The Labute approximate surface area is 180 Å². The van der Waals surface area contributed by atoms with Crippen molar-refractivity contribution in [2.75, 3.05) is 11.9 Å². The molecule has 1 amide bonds. The van der Waals surface area contributed by atoms with E-state index in [-0.39, 0.29) is 18.6 Å². The van der Waals surface area contributed by atoms with Gasteiger partial charge in [-0.3, -0.25) is 9.89 Å². The maximum atomic E-state index is 12.6. The number of H-pyrrole nitrogens is 1. The first-order chi connectivity index (χ1) is 15.1. The lowest BCUT2D eigenvalue weighted by Gasteiger charge is -2.17. The van der Waals surface area contributed by atoms with E-state index in [9.17, 15) is 4.79 Å². The summed E-state index contributed by atoms with van der Waals surface area (Å²) >= 11 is 0. The van der Waals surface area contributed by atoms with Gasteiger partial charge in [0.1, 0.15) is 6.61 Å². The molecule has 3 aromatic rings. The normalized spacial score (nSPS) is 16.2. The second-order valence-electron chi connectivity index (χ2n) is 8.22. The van der Waals surface area contributed by atoms with Gasteiger partial charge in [-0.2, -0.15) is 0 Å². The summed E-state index contributed by atoms with van der Waals surface area (Å²) in [5.41, 5.74) is 5.47. The zero-order chi connectivity index (χ0) is 21.2. The molecular formula is C22H25N7O2. The fourth-order valence-electron chi connectivity index (χ4n) is 4.23. The lowest BCUT2D eigenvalue weighted by molar-refractivity contribution is -0.138. The van der Waals surface area contributed by atoms with Crippen LogP contribution in [0.3, 0.4) is 0 Å². The number of benzene rings is 1. The van der Waals surface area contributed by atoms with Crippen LogP contribution in [0.4, 0.5) is 5.95 Å². The van der Waals surface area contributed by atoms with Crippen molar-refractivity contribution in [1.82, 2.24) is 30.3 Å². The molecule has 2 N–H and O–H groups in total. The lowest BCUT2D eigenvalue weighted by atomic mass is 10.1. The maximum Gasteiger partial charge on any atom is 0.249 e. The van der Waals surface area contributed by atoms with Crippen LogP contribution in [0.5, 0.6) is 0 Å². The fraction of sp³-hybridized carbons (Fsp3) is 0.409. The van der Waals surface area contributed by atoms with Crippen molar-refractivity contribution in [3.05, 3.63) is 64.7 Å². The summed E-state index contributed by atoms with van der Waals surface area (Å²) in [7, 11) is 0. The lowest BCUT2D eigenvalue weighted by Crippen LogP contribution is -2.31. The van der Waals surface area contributed by atoms with Gasteiger partial charge in [0.2, 0.25) is 11.9 Å². The molecule has 1 unspecified atom stereocenters. The van der Waals surface area contributed by atoms with Gasteiger partial charge in [-0.25, -0.2) is 9.97 Å². The number of nitrogens with one attached hydrogen (secondary N) is 2. The van der Waals surface area contributed by atoms with Crippen LogP contribution in [0.25, 0.3) is 0 Å². The molecule has 2 aliphatic rings. The minimum absolute atomic E-state index is 0.0336. The number of aromatic nitrogens is 5. The summed E-state index contributed by atoms with van der Waals surface area (Å²) in [4.78, 5) is 23.5. The molecule has 1 aliphatic heterocycles. The molecule has 0 saturated carbocycles. The molecule has 9 nitrogen and oxygen atoms in total. The molecule has 0 fully saturated rings. The molecule has 1 aromatic carbocycles. The number of carbonyl (C=O) groups excluding carboxylic acids is 1. The van der Waals surface area contributed by atoms with Crippen molar-refractivity contribution < 1.29 is 9.53 Å². The number of ether oxygens (including phenoxy) is 1. The highest BCUT2D eigenvalue weighted by molar-refractivity contribution is 5.78. The molecule has 9 heteroatoms. The van der Waals surface area contributed by atoms with E-state index >= 15 is 0 Å². The van der Waals surface area contributed by atoms with Crippen LogP contribution in [-0.4, -0.2) is 54.9 Å². The third kappa shape index (κ3) is 4.41. The van der Waals surface area contributed by atoms with Crippen molar-refractivity contribution in [1.29, 1.82) is 0 Å². The zero-order valence-electron chi connectivity index (χ0n) is 17.4. The molecule has 0 saturated heterocycles. The maximum absolute atomic E-state index is 12.6. The van der Waals surface area contributed by atoms with E-state index in [1.165, 1.54) is 11.1 Å². The third-order valence-corrected chi connectivity index (χ3v) is 5.85. The van der Waals surface area contributed by atoms with E-state index in [0.29, 0.717) is 31.5 Å². The molecule has 160 valence electrons. The molecule has 1 atom stereocenters. The highest BCUT2D eigenvalue weighted by Gasteiger charge is 2.27. The molecular weight excluding hydrogens is 394 g/mol. The van der Waals surface area contributed by atoms with Gasteiger partial charge in [-0.15, -0.1) is 5.10 Å². The Hall–Kier alpha value is -3.33. The summed E-state index contributed by atoms with van der Waals surface area (Å²) < 4.78 is 5.71. The van der Waals surface area contributed by atoms with E-state index in [2.05, 4.69) is 55.0 Å². The van der Waals surface area contributed by atoms with Crippen molar-refractivity contribution in [3.63, 3.8) is 0 Å². The molecule has 0 spiro atoms. The third-order valence-electron chi connectivity index (χ3n) is 5.85. The van der Waals surface area contributed by atoms with Crippen LogP contribution in [0.1, 0.15) is 35.0 Å². The Morgan fingerprint density at radius 2 is 2.06 bits per heavy atom. The predicted molar refractivity (Wildman–Crippen MR) is 113 cm³/mol. The minimum Gasteiger partial charge on any atom is -0.368 e. The van der Waals surface area contributed by atoms with E-state index in [4.69, 9.17) is 4.74 Å². The highest BCUT2D eigenvalue weighted by atomic mass is 16.5. The van der Waals surface area contributed by atoms with Gasteiger partial charge in [0.25, 0.3) is 0 Å². The Balaban J connectivity index is 1.13. The Kier molecular flexibility index (Phi) is 5.33. The summed E-state index contributed by atoms with van der Waals surface area (Å²) in [6.07, 6.45) is 6.00. The number of amides is 1. The van der Waals surface area contributed by atoms with Gasteiger partial charge in [0.05, 0.1) is 24.0 Å². The van der Waals surface area contributed by atoms with Crippen LogP contribution in [-0.2, 0) is 41.9 Å². The smallest absolute Gasteiger partial charge is 0.249 e. The number of aromatic amines is 1. The van der Waals surface area contributed by atoms with Crippen LogP contribution in [0.15, 0.2) is 36.7 Å². The highest BCUT2D eigenvalue weighted by Crippen LogP contribution is 2.25. The number of anilines is 1. The van der Waals surface area contributed by atoms with E-state index in [0.717, 1.165) is 29.8 Å². The van der Waals surface area contributed by atoms with Crippen molar-refractivity contribution in [2.45, 2.75) is 51.4 Å². The first kappa shape index (κ1) is 19.6. The van der Waals surface area contributed by atoms with Gasteiger partial charge in [-0.1, -0.05) is 29.5 Å². The van der Waals surface area contributed by atoms with Gasteiger partial charge in [0, 0.05) is 37.0 Å². The number of carbonyl (C=O) groups is 1. The minimum atomic E-state index is -0.120.